The van der Waals surface area contributed by atoms with Crippen LogP contribution in [-0.2, 0) is 16.1 Å². The summed E-state index contributed by atoms with van der Waals surface area (Å²) in [5.74, 6) is 0.876. The van der Waals surface area contributed by atoms with Gasteiger partial charge in [-0.15, -0.1) is 0 Å². The van der Waals surface area contributed by atoms with Crippen molar-refractivity contribution in [3.8, 4) is 22.9 Å². The predicted octanol–water partition coefficient (Wildman–Crippen LogP) is 4.35. The minimum atomic E-state index is -0.728. The molecule has 3 aromatic carbocycles. The Kier molecular flexibility index (Phi) is 7.32. The smallest absolute Gasteiger partial charge is 0.343 e. The summed E-state index contributed by atoms with van der Waals surface area (Å²) in [6.45, 7) is 0.410. The van der Waals surface area contributed by atoms with E-state index in [0.29, 0.717) is 40.4 Å². The van der Waals surface area contributed by atoms with E-state index in [1.165, 1.54) is 20.4 Å². The van der Waals surface area contributed by atoms with E-state index in [9.17, 15) is 9.59 Å². The molecule has 0 unspecified atom stereocenters. The molecule has 8 heteroatoms. The minimum absolute atomic E-state index is 0.0482. The second-order valence-electron chi connectivity index (χ2n) is 7.60. The van der Waals surface area contributed by atoms with Crippen LogP contribution in [0.3, 0.4) is 0 Å². The molecular formula is C27H25NO7. The van der Waals surface area contributed by atoms with Gasteiger partial charge < -0.3 is 28.3 Å². The summed E-state index contributed by atoms with van der Waals surface area (Å²) in [5, 5.41) is 0.326. The number of nitrogens with zero attached hydrogens (tertiary/aromatic N) is 1. The van der Waals surface area contributed by atoms with Crippen LogP contribution in [0.5, 0.6) is 17.2 Å². The Hall–Kier alpha value is -4.30. The standard InChI is InChI=1S/C27H25NO7/c1-31-17-35-20-9-10-23-25(14-20)28(15-24(26(23)29)27(30)33-3)19-11-21(32-2)13-22(12-19)34-16-18-7-5-4-6-8-18/h4-15H,16-17H2,1-3H3. The number of ether oxygens (including phenoxy) is 5. The van der Waals surface area contributed by atoms with Gasteiger partial charge in [0.1, 0.15) is 29.4 Å². The molecule has 180 valence electrons. The van der Waals surface area contributed by atoms with Crippen LogP contribution >= 0.6 is 0 Å². The Morgan fingerprint density at radius 1 is 0.857 bits per heavy atom. The van der Waals surface area contributed by atoms with Crippen LogP contribution in [0.25, 0.3) is 16.6 Å². The van der Waals surface area contributed by atoms with Gasteiger partial charge in [0.05, 0.1) is 25.4 Å². The van der Waals surface area contributed by atoms with Crippen molar-refractivity contribution in [2.45, 2.75) is 6.61 Å². The van der Waals surface area contributed by atoms with Gasteiger partial charge in [-0.2, -0.15) is 0 Å². The SMILES string of the molecule is COCOc1ccc2c(=O)c(C(=O)OC)cn(-c3cc(OC)cc(OCc4ccccc4)c3)c2c1. The fraction of sp³-hybridized carbons (Fsp3) is 0.185. The van der Waals surface area contributed by atoms with Crippen molar-refractivity contribution >= 4 is 16.9 Å². The average molecular weight is 475 g/mol. The molecule has 0 aliphatic rings. The average Bonchev–Trinajstić information content (AvgIpc) is 2.90. The molecule has 8 nitrogen and oxygen atoms in total. The van der Waals surface area contributed by atoms with Crippen LogP contribution in [0.4, 0.5) is 0 Å². The van der Waals surface area contributed by atoms with Crippen molar-refractivity contribution in [1.29, 1.82) is 0 Å². The number of hydrogen-bond donors (Lipinski definition) is 0. The Morgan fingerprint density at radius 2 is 1.63 bits per heavy atom. The normalized spacial score (nSPS) is 10.7. The molecule has 0 aliphatic heterocycles. The molecule has 1 aromatic heterocycles. The zero-order valence-corrected chi connectivity index (χ0v) is 19.6. The zero-order valence-electron chi connectivity index (χ0n) is 19.6. The van der Waals surface area contributed by atoms with Crippen LogP contribution < -0.4 is 19.6 Å². The fourth-order valence-corrected chi connectivity index (χ4v) is 3.63. The van der Waals surface area contributed by atoms with E-state index in [1.54, 1.807) is 48.1 Å². The highest BCUT2D eigenvalue weighted by Crippen LogP contribution is 2.29. The van der Waals surface area contributed by atoms with Crippen molar-refractivity contribution in [1.82, 2.24) is 4.57 Å². The van der Waals surface area contributed by atoms with Gasteiger partial charge in [-0.05, 0) is 17.7 Å². The van der Waals surface area contributed by atoms with Crippen LogP contribution in [-0.4, -0.2) is 38.7 Å². The van der Waals surface area contributed by atoms with E-state index in [4.69, 9.17) is 23.7 Å². The Labute approximate surface area is 202 Å². The maximum Gasteiger partial charge on any atom is 0.343 e. The van der Waals surface area contributed by atoms with Crippen molar-refractivity contribution in [2.24, 2.45) is 0 Å². The molecule has 0 saturated heterocycles. The second kappa shape index (κ2) is 10.8. The number of esters is 1. The number of fused-ring (bicyclic) bond motifs is 1. The summed E-state index contributed by atoms with van der Waals surface area (Å²) in [7, 11) is 4.31. The van der Waals surface area contributed by atoms with Gasteiger partial charge in [0.2, 0.25) is 5.43 Å². The molecule has 0 radical (unpaired) electrons. The highest BCUT2D eigenvalue weighted by Gasteiger charge is 2.18. The van der Waals surface area contributed by atoms with E-state index in [1.807, 2.05) is 30.3 Å². The van der Waals surface area contributed by atoms with E-state index >= 15 is 0 Å². The lowest BCUT2D eigenvalue weighted by atomic mass is 10.1. The molecule has 4 rings (SSSR count). The number of hydrogen-bond acceptors (Lipinski definition) is 7. The van der Waals surface area contributed by atoms with Crippen LogP contribution in [0.1, 0.15) is 15.9 Å². The molecule has 0 bridgehead atoms. The molecule has 0 fully saturated rings. The largest absolute Gasteiger partial charge is 0.497 e. The molecule has 0 N–H and O–H groups in total. The third kappa shape index (κ3) is 5.28. The van der Waals surface area contributed by atoms with E-state index in [0.717, 1.165) is 5.56 Å². The number of aromatic nitrogens is 1. The summed E-state index contributed by atoms with van der Waals surface area (Å²) in [6, 6.07) is 20.1. The van der Waals surface area contributed by atoms with Crippen LogP contribution in [0, 0.1) is 0 Å². The number of carbonyl (C=O) groups excluding carboxylic acids is 1. The Bertz CT molecular complexity index is 1400. The molecule has 0 atom stereocenters. The van der Waals surface area contributed by atoms with E-state index < -0.39 is 11.4 Å². The lowest BCUT2D eigenvalue weighted by Gasteiger charge is -2.17. The molecule has 0 aliphatic carbocycles. The number of rotatable bonds is 9. The van der Waals surface area contributed by atoms with Crippen molar-refractivity contribution < 1.29 is 28.5 Å². The number of carbonyl (C=O) groups is 1. The third-order valence-electron chi connectivity index (χ3n) is 5.35. The quantitative estimate of drug-likeness (QED) is 0.263. The molecule has 0 amide bonds. The predicted molar refractivity (Wildman–Crippen MR) is 131 cm³/mol. The van der Waals surface area contributed by atoms with Gasteiger partial charge in [-0.3, -0.25) is 4.79 Å². The molecule has 35 heavy (non-hydrogen) atoms. The van der Waals surface area contributed by atoms with Crippen LogP contribution in [0.2, 0.25) is 0 Å². The first-order valence-corrected chi connectivity index (χ1v) is 10.8. The minimum Gasteiger partial charge on any atom is -0.497 e. The second-order valence-corrected chi connectivity index (χ2v) is 7.60. The topological polar surface area (TPSA) is 85.2 Å². The maximum absolute atomic E-state index is 13.1. The summed E-state index contributed by atoms with van der Waals surface area (Å²) >= 11 is 0. The van der Waals surface area contributed by atoms with Gasteiger partial charge in [0.15, 0.2) is 6.79 Å². The molecular weight excluding hydrogens is 450 g/mol. The van der Waals surface area contributed by atoms with Crippen molar-refractivity contribution in [2.75, 3.05) is 28.1 Å². The van der Waals surface area contributed by atoms with E-state index in [2.05, 4.69) is 0 Å². The number of benzene rings is 3. The van der Waals surface area contributed by atoms with Gasteiger partial charge in [0.25, 0.3) is 0 Å². The van der Waals surface area contributed by atoms with E-state index in [-0.39, 0.29) is 12.4 Å². The Morgan fingerprint density at radius 3 is 2.34 bits per heavy atom. The molecule has 0 saturated carbocycles. The zero-order chi connectivity index (χ0) is 24.8. The van der Waals surface area contributed by atoms with Gasteiger partial charge in [0, 0.05) is 43.0 Å². The summed E-state index contributed by atoms with van der Waals surface area (Å²) in [4.78, 5) is 25.5. The molecule has 4 aromatic rings. The summed E-state index contributed by atoms with van der Waals surface area (Å²) < 4.78 is 28.6. The van der Waals surface area contributed by atoms with Gasteiger partial charge in [-0.25, -0.2) is 4.79 Å². The first-order valence-electron chi connectivity index (χ1n) is 10.8. The third-order valence-corrected chi connectivity index (χ3v) is 5.35. The lowest BCUT2D eigenvalue weighted by molar-refractivity contribution is 0.0512. The Balaban J connectivity index is 1.86. The summed E-state index contributed by atoms with van der Waals surface area (Å²) in [6.07, 6.45) is 1.45. The number of methoxy groups -OCH3 is 3. The van der Waals surface area contributed by atoms with Gasteiger partial charge >= 0.3 is 5.97 Å². The van der Waals surface area contributed by atoms with Crippen LogP contribution in [0.15, 0.2) is 77.7 Å². The summed E-state index contributed by atoms with van der Waals surface area (Å²) in [5.41, 5.74) is 1.62. The maximum atomic E-state index is 13.1. The first-order chi connectivity index (χ1) is 17.0. The lowest BCUT2D eigenvalue weighted by Crippen LogP contribution is -2.19. The molecule has 0 spiro atoms. The van der Waals surface area contributed by atoms with Crippen molar-refractivity contribution in [3.63, 3.8) is 0 Å². The highest BCUT2D eigenvalue weighted by atomic mass is 16.7. The first kappa shape index (κ1) is 23.8. The highest BCUT2D eigenvalue weighted by molar-refractivity contribution is 5.94. The van der Waals surface area contributed by atoms with Crippen molar-refractivity contribution in [3.05, 3.63) is 94.3 Å². The number of pyridine rings is 1. The fourth-order valence-electron chi connectivity index (χ4n) is 3.63. The molecule has 1 heterocycles. The monoisotopic (exact) mass is 475 g/mol. The van der Waals surface area contributed by atoms with Gasteiger partial charge in [-0.1, -0.05) is 30.3 Å².